The number of hydrogen-bond acceptors (Lipinski definition) is 1. The van der Waals surface area contributed by atoms with Crippen molar-refractivity contribution in [1.29, 1.82) is 0 Å². The van der Waals surface area contributed by atoms with Crippen molar-refractivity contribution in [3.05, 3.63) is 130 Å². The molecule has 1 heteroatoms. The molecule has 0 heterocycles. The van der Waals surface area contributed by atoms with Crippen molar-refractivity contribution in [2.75, 3.05) is 5.32 Å². The zero-order chi connectivity index (χ0) is 25.2. The first kappa shape index (κ1) is 25.8. The SMILES string of the molecule is CCCc1ccc(NC2C=CC(C=C(c3ccc(CCC)cc3)c3cccc(CCC)c3)=CC2)cc1. The fraction of sp³-hybridized carbons (Fsp3) is 0.314. The minimum atomic E-state index is 0.323. The van der Waals surface area contributed by atoms with Gasteiger partial charge >= 0.3 is 0 Å². The van der Waals surface area contributed by atoms with Crippen LogP contribution < -0.4 is 5.32 Å². The van der Waals surface area contributed by atoms with Gasteiger partial charge in [-0.05, 0) is 82.9 Å². The standard InChI is InChI=1S/C35H41N/c1-4-8-27-13-19-31(20-14-27)35(32-12-7-11-29(25-32)10-6-3)26-30-17-23-34(24-18-30)36-33-21-15-28(9-5-2)16-22-33/h7,11-23,25-26,34,36H,4-6,8-10,24H2,1-3H3. The Bertz CT molecular complexity index is 1190. The van der Waals surface area contributed by atoms with Gasteiger partial charge in [-0.1, -0.05) is 119 Å². The van der Waals surface area contributed by atoms with Crippen LogP contribution in [0.25, 0.3) is 5.57 Å². The molecule has 0 radical (unpaired) electrons. The van der Waals surface area contributed by atoms with Gasteiger partial charge in [0.1, 0.15) is 0 Å². The first-order valence-corrected chi connectivity index (χ1v) is 13.8. The highest BCUT2D eigenvalue weighted by atomic mass is 14.9. The largest absolute Gasteiger partial charge is 0.379 e. The minimum absolute atomic E-state index is 0.323. The molecule has 36 heavy (non-hydrogen) atoms. The minimum Gasteiger partial charge on any atom is -0.379 e. The average molecular weight is 476 g/mol. The molecule has 0 amide bonds. The van der Waals surface area contributed by atoms with E-state index in [0.29, 0.717) is 6.04 Å². The lowest BCUT2D eigenvalue weighted by molar-refractivity contribution is 0.876. The molecule has 0 aromatic heterocycles. The molecule has 1 atom stereocenters. The van der Waals surface area contributed by atoms with Gasteiger partial charge in [0.05, 0.1) is 0 Å². The lowest BCUT2D eigenvalue weighted by Crippen LogP contribution is -2.17. The van der Waals surface area contributed by atoms with Gasteiger partial charge < -0.3 is 5.32 Å². The van der Waals surface area contributed by atoms with Crippen LogP contribution in [-0.4, -0.2) is 6.04 Å². The molecule has 0 bridgehead atoms. The highest BCUT2D eigenvalue weighted by molar-refractivity contribution is 5.82. The van der Waals surface area contributed by atoms with E-state index < -0.39 is 0 Å². The van der Waals surface area contributed by atoms with Crippen molar-refractivity contribution < 1.29 is 0 Å². The number of rotatable bonds is 11. The molecule has 0 saturated carbocycles. The molecule has 1 nitrogen and oxygen atoms in total. The van der Waals surface area contributed by atoms with Crippen molar-refractivity contribution >= 4 is 11.3 Å². The molecule has 3 aromatic rings. The van der Waals surface area contributed by atoms with Crippen molar-refractivity contribution in [3.8, 4) is 0 Å². The van der Waals surface area contributed by atoms with Crippen LogP contribution in [0.4, 0.5) is 5.69 Å². The monoisotopic (exact) mass is 475 g/mol. The van der Waals surface area contributed by atoms with Crippen LogP contribution in [-0.2, 0) is 19.3 Å². The van der Waals surface area contributed by atoms with E-state index in [9.17, 15) is 0 Å². The second-order valence-corrected chi connectivity index (χ2v) is 9.95. The summed E-state index contributed by atoms with van der Waals surface area (Å²) in [7, 11) is 0. The predicted molar refractivity (Wildman–Crippen MR) is 158 cm³/mol. The van der Waals surface area contributed by atoms with E-state index in [4.69, 9.17) is 0 Å². The summed E-state index contributed by atoms with van der Waals surface area (Å²) < 4.78 is 0. The number of benzene rings is 3. The summed E-state index contributed by atoms with van der Waals surface area (Å²) in [6.07, 6.45) is 17.2. The molecule has 0 spiro atoms. The molecule has 4 rings (SSSR count). The third-order valence-corrected chi connectivity index (χ3v) is 6.86. The lowest BCUT2D eigenvalue weighted by Gasteiger charge is -2.19. The van der Waals surface area contributed by atoms with Crippen molar-refractivity contribution in [3.63, 3.8) is 0 Å². The Balaban J connectivity index is 1.54. The summed E-state index contributed by atoms with van der Waals surface area (Å²) in [5.74, 6) is 0. The van der Waals surface area contributed by atoms with E-state index in [-0.39, 0.29) is 0 Å². The maximum atomic E-state index is 3.68. The summed E-state index contributed by atoms with van der Waals surface area (Å²) >= 11 is 0. The number of nitrogens with one attached hydrogen (secondary N) is 1. The molecular weight excluding hydrogens is 434 g/mol. The molecule has 0 saturated heterocycles. The molecular formula is C35H41N. The van der Waals surface area contributed by atoms with E-state index in [1.54, 1.807) is 0 Å². The topological polar surface area (TPSA) is 12.0 Å². The Hall–Kier alpha value is -3.32. The molecule has 0 fully saturated rings. The fourth-order valence-electron chi connectivity index (χ4n) is 4.94. The Morgan fingerprint density at radius 2 is 1.39 bits per heavy atom. The number of anilines is 1. The Morgan fingerprint density at radius 1 is 0.750 bits per heavy atom. The van der Waals surface area contributed by atoms with Gasteiger partial charge in [0.15, 0.2) is 0 Å². The third kappa shape index (κ3) is 7.10. The van der Waals surface area contributed by atoms with Crippen LogP contribution >= 0.6 is 0 Å². The third-order valence-electron chi connectivity index (χ3n) is 6.86. The second-order valence-electron chi connectivity index (χ2n) is 9.95. The van der Waals surface area contributed by atoms with E-state index in [1.807, 2.05) is 0 Å². The van der Waals surface area contributed by atoms with Gasteiger partial charge in [0.2, 0.25) is 0 Å². The Kier molecular flexibility index (Phi) is 9.39. The Labute approximate surface area is 218 Å². The summed E-state index contributed by atoms with van der Waals surface area (Å²) in [6, 6.07) is 27.5. The summed E-state index contributed by atoms with van der Waals surface area (Å²) in [6.45, 7) is 6.72. The second kappa shape index (κ2) is 13.1. The molecule has 1 aliphatic rings. The fourth-order valence-corrected chi connectivity index (χ4v) is 4.94. The summed E-state index contributed by atoms with van der Waals surface area (Å²) in [5, 5.41) is 3.68. The van der Waals surface area contributed by atoms with Gasteiger partial charge in [0, 0.05) is 11.7 Å². The molecule has 1 aliphatic carbocycles. The van der Waals surface area contributed by atoms with Crippen LogP contribution in [0, 0.1) is 0 Å². The lowest BCUT2D eigenvalue weighted by atomic mass is 9.91. The molecule has 186 valence electrons. The zero-order valence-corrected chi connectivity index (χ0v) is 22.3. The Morgan fingerprint density at radius 3 is 2.00 bits per heavy atom. The maximum Gasteiger partial charge on any atom is 0.0482 e. The van der Waals surface area contributed by atoms with Gasteiger partial charge in [-0.25, -0.2) is 0 Å². The smallest absolute Gasteiger partial charge is 0.0482 e. The van der Waals surface area contributed by atoms with Crippen LogP contribution in [0.2, 0.25) is 0 Å². The molecule has 3 aromatic carbocycles. The number of aryl methyl sites for hydroxylation is 3. The van der Waals surface area contributed by atoms with Crippen LogP contribution in [0.3, 0.4) is 0 Å². The predicted octanol–water partition coefficient (Wildman–Crippen LogP) is 9.34. The average Bonchev–Trinajstić information content (AvgIpc) is 2.91. The molecule has 1 N–H and O–H groups in total. The summed E-state index contributed by atoms with van der Waals surface area (Å²) in [5.41, 5.74) is 10.6. The van der Waals surface area contributed by atoms with Crippen LogP contribution in [0.5, 0.6) is 0 Å². The quantitative estimate of drug-likeness (QED) is 0.291. The first-order valence-electron chi connectivity index (χ1n) is 13.8. The van der Waals surface area contributed by atoms with Gasteiger partial charge in [-0.3, -0.25) is 0 Å². The highest BCUT2D eigenvalue weighted by Gasteiger charge is 2.11. The van der Waals surface area contributed by atoms with E-state index in [1.165, 1.54) is 57.5 Å². The summed E-state index contributed by atoms with van der Waals surface area (Å²) in [4.78, 5) is 0. The van der Waals surface area contributed by atoms with Crippen molar-refractivity contribution in [2.45, 2.75) is 71.8 Å². The normalized spacial score (nSPS) is 15.6. The van der Waals surface area contributed by atoms with E-state index in [2.05, 4.69) is 123 Å². The first-order chi connectivity index (χ1) is 17.7. The zero-order valence-electron chi connectivity index (χ0n) is 22.3. The number of allylic oxidation sites excluding steroid dienone is 3. The van der Waals surface area contributed by atoms with Gasteiger partial charge in [0.25, 0.3) is 0 Å². The molecule has 0 aliphatic heterocycles. The highest BCUT2D eigenvalue weighted by Crippen LogP contribution is 2.28. The van der Waals surface area contributed by atoms with Gasteiger partial charge in [-0.15, -0.1) is 0 Å². The van der Waals surface area contributed by atoms with E-state index in [0.717, 1.165) is 32.1 Å². The molecule has 1 unspecified atom stereocenters. The van der Waals surface area contributed by atoms with Gasteiger partial charge in [-0.2, -0.15) is 0 Å². The van der Waals surface area contributed by atoms with E-state index >= 15 is 0 Å². The number of hydrogen-bond donors (Lipinski definition) is 1. The van der Waals surface area contributed by atoms with Crippen molar-refractivity contribution in [1.82, 2.24) is 0 Å². The van der Waals surface area contributed by atoms with Crippen LogP contribution in [0.1, 0.15) is 74.3 Å². The maximum absolute atomic E-state index is 3.68. The van der Waals surface area contributed by atoms with Crippen LogP contribution in [0.15, 0.2) is 103 Å². The van der Waals surface area contributed by atoms with Crippen molar-refractivity contribution in [2.24, 2.45) is 0 Å².